The first-order valence-electron chi connectivity index (χ1n) is 6.31. The molecule has 0 bridgehead atoms. The predicted octanol–water partition coefficient (Wildman–Crippen LogP) is 3.71. The monoisotopic (exact) mass is 247 g/mol. The summed E-state index contributed by atoms with van der Waals surface area (Å²) >= 11 is 0. The summed E-state index contributed by atoms with van der Waals surface area (Å²) in [4.78, 5) is 0. The first-order valence-corrected chi connectivity index (χ1v) is 6.31. The number of benzene rings is 2. The molecule has 19 heavy (non-hydrogen) atoms. The van der Waals surface area contributed by atoms with Crippen LogP contribution >= 0.6 is 0 Å². The molecule has 0 spiro atoms. The molecule has 0 unspecified atom stereocenters. The first-order chi connectivity index (χ1) is 9.42. The molecule has 2 aromatic carbocycles. The van der Waals surface area contributed by atoms with E-state index in [1.54, 1.807) is 0 Å². The van der Waals surface area contributed by atoms with E-state index in [1.807, 2.05) is 48.8 Å². The lowest BCUT2D eigenvalue weighted by atomic mass is 10.2. The van der Waals surface area contributed by atoms with Crippen molar-refractivity contribution in [3.05, 3.63) is 85.2 Å². The van der Waals surface area contributed by atoms with E-state index in [1.165, 1.54) is 0 Å². The Morgan fingerprint density at radius 3 is 1.84 bits per heavy atom. The van der Waals surface area contributed by atoms with Gasteiger partial charge in [0, 0.05) is 35.6 Å². The van der Waals surface area contributed by atoms with Crippen molar-refractivity contribution in [2.75, 3.05) is 5.32 Å². The molecular weight excluding hydrogens is 232 g/mol. The summed E-state index contributed by atoms with van der Waals surface area (Å²) < 4.78 is 2.09. The molecule has 1 aromatic heterocycles. The lowest BCUT2D eigenvalue weighted by Crippen LogP contribution is -2.28. The molecule has 3 aromatic rings. The van der Waals surface area contributed by atoms with Gasteiger partial charge >= 0.3 is 0 Å². The topological polar surface area (TPSA) is 15.9 Å². The van der Waals surface area contributed by atoms with E-state index < -0.39 is 0 Å². The Bertz CT molecular complexity index is 631. The summed E-state index contributed by atoms with van der Waals surface area (Å²) in [6.45, 7) is 0. The second-order valence-corrected chi connectivity index (χ2v) is 4.32. The molecule has 1 N–H and O–H groups in total. The van der Waals surface area contributed by atoms with Crippen LogP contribution < -0.4 is 9.88 Å². The average molecular weight is 247 g/mol. The number of para-hydroxylation sites is 1. The normalized spacial score (nSPS) is 10.1. The predicted molar refractivity (Wildman–Crippen MR) is 77.7 cm³/mol. The molecule has 1 heterocycles. The van der Waals surface area contributed by atoms with E-state index in [4.69, 9.17) is 0 Å². The molecule has 0 aliphatic heterocycles. The number of hydrogen-bond donors (Lipinski definition) is 1. The summed E-state index contributed by atoms with van der Waals surface area (Å²) in [6.07, 6.45) is 4.08. The lowest BCUT2D eigenvalue weighted by molar-refractivity contribution is -0.595. The second-order valence-electron chi connectivity index (χ2n) is 4.32. The minimum atomic E-state index is 1.09. The maximum atomic E-state index is 3.37. The fourth-order valence-corrected chi connectivity index (χ4v) is 1.98. The van der Waals surface area contributed by atoms with E-state index in [2.05, 4.69) is 46.3 Å². The molecule has 2 heteroatoms. The summed E-state index contributed by atoms with van der Waals surface area (Å²) in [5, 5.41) is 3.37. The Balaban J connectivity index is 1.80. The van der Waals surface area contributed by atoms with Crippen LogP contribution in [-0.4, -0.2) is 0 Å². The van der Waals surface area contributed by atoms with Crippen LogP contribution in [0.25, 0.3) is 5.69 Å². The lowest BCUT2D eigenvalue weighted by Gasteiger charge is -2.05. The minimum Gasteiger partial charge on any atom is -0.356 e. The van der Waals surface area contributed by atoms with Crippen molar-refractivity contribution in [2.24, 2.45) is 0 Å². The van der Waals surface area contributed by atoms with Gasteiger partial charge < -0.3 is 5.32 Å². The number of nitrogens with zero attached hydrogens (tertiary/aromatic N) is 1. The third-order valence-electron chi connectivity index (χ3n) is 2.94. The Kier molecular flexibility index (Phi) is 3.24. The minimum absolute atomic E-state index is 1.09. The Morgan fingerprint density at radius 2 is 1.16 bits per heavy atom. The Morgan fingerprint density at radius 1 is 0.579 bits per heavy atom. The van der Waals surface area contributed by atoms with Gasteiger partial charge in [-0.3, -0.25) is 0 Å². The van der Waals surface area contributed by atoms with Crippen LogP contribution in [0.4, 0.5) is 11.4 Å². The van der Waals surface area contributed by atoms with Gasteiger partial charge in [-0.05, 0) is 24.3 Å². The van der Waals surface area contributed by atoms with Crippen molar-refractivity contribution in [1.29, 1.82) is 0 Å². The molecule has 3 rings (SSSR count). The molecule has 92 valence electrons. The van der Waals surface area contributed by atoms with Crippen LogP contribution in [0.3, 0.4) is 0 Å². The number of aromatic nitrogens is 1. The third-order valence-corrected chi connectivity index (χ3v) is 2.94. The first kappa shape index (κ1) is 11.5. The van der Waals surface area contributed by atoms with Crippen molar-refractivity contribution >= 4 is 11.4 Å². The van der Waals surface area contributed by atoms with E-state index in [9.17, 15) is 0 Å². The molecule has 0 fully saturated rings. The number of anilines is 2. The second kappa shape index (κ2) is 5.36. The molecule has 0 aliphatic carbocycles. The average Bonchev–Trinajstić information content (AvgIpc) is 2.50. The smallest absolute Gasteiger partial charge is 0.210 e. The Labute approximate surface area is 113 Å². The number of rotatable bonds is 3. The van der Waals surface area contributed by atoms with Crippen LogP contribution in [0.2, 0.25) is 0 Å². The van der Waals surface area contributed by atoms with Crippen molar-refractivity contribution in [1.82, 2.24) is 0 Å². The molecule has 0 aliphatic rings. The van der Waals surface area contributed by atoms with Gasteiger partial charge in [0.15, 0.2) is 12.4 Å². The largest absolute Gasteiger partial charge is 0.356 e. The highest BCUT2D eigenvalue weighted by atomic mass is 14.9. The number of nitrogens with one attached hydrogen (secondary N) is 1. The maximum Gasteiger partial charge on any atom is 0.210 e. The summed E-state index contributed by atoms with van der Waals surface area (Å²) in [5.74, 6) is 0. The van der Waals surface area contributed by atoms with Gasteiger partial charge in [-0.1, -0.05) is 24.3 Å². The van der Waals surface area contributed by atoms with Crippen LogP contribution in [0.1, 0.15) is 0 Å². The van der Waals surface area contributed by atoms with Crippen molar-refractivity contribution in [3.63, 3.8) is 0 Å². The number of hydrogen-bond acceptors (Lipinski definition) is 1. The third kappa shape index (κ3) is 2.80. The zero-order valence-corrected chi connectivity index (χ0v) is 10.5. The molecule has 0 radical (unpaired) electrons. The van der Waals surface area contributed by atoms with E-state index in [0.29, 0.717) is 0 Å². The Hall–Kier alpha value is -2.61. The van der Waals surface area contributed by atoms with Crippen LogP contribution in [0.5, 0.6) is 0 Å². The van der Waals surface area contributed by atoms with E-state index in [0.717, 1.165) is 17.1 Å². The molecule has 0 atom stereocenters. The van der Waals surface area contributed by atoms with Gasteiger partial charge in [0.05, 0.1) is 0 Å². The van der Waals surface area contributed by atoms with Crippen LogP contribution in [0, 0.1) is 0 Å². The van der Waals surface area contributed by atoms with Gasteiger partial charge in [0.25, 0.3) is 0 Å². The van der Waals surface area contributed by atoms with Gasteiger partial charge in [-0.25, -0.2) is 0 Å². The van der Waals surface area contributed by atoms with Crippen molar-refractivity contribution in [2.45, 2.75) is 0 Å². The van der Waals surface area contributed by atoms with Gasteiger partial charge in [-0.2, -0.15) is 4.57 Å². The standard InChI is InChI=1S/C17H15N2/c1-3-7-15(8-4-1)18-16-9-11-17(12-10-16)19-13-5-2-6-14-19/h1-14,18H/q+1. The fourth-order valence-electron chi connectivity index (χ4n) is 1.98. The van der Waals surface area contributed by atoms with Crippen molar-refractivity contribution in [3.8, 4) is 5.69 Å². The highest BCUT2D eigenvalue weighted by molar-refractivity contribution is 5.59. The summed E-state index contributed by atoms with van der Waals surface area (Å²) in [7, 11) is 0. The summed E-state index contributed by atoms with van der Waals surface area (Å²) in [5.41, 5.74) is 3.34. The zero-order valence-electron chi connectivity index (χ0n) is 10.5. The molecule has 0 saturated heterocycles. The van der Waals surface area contributed by atoms with E-state index >= 15 is 0 Å². The van der Waals surface area contributed by atoms with Gasteiger partial charge in [-0.15, -0.1) is 0 Å². The maximum absolute atomic E-state index is 3.37. The highest BCUT2D eigenvalue weighted by Gasteiger charge is 2.03. The molecular formula is C17H15N2+. The summed E-state index contributed by atoms with van der Waals surface area (Å²) in [6, 6.07) is 24.6. The fraction of sp³-hybridized carbons (Fsp3) is 0. The van der Waals surface area contributed by atoms with Gasteiger partial charge in [0.1, 0.15) is 0 Å². The van der Waals surface area contributed by atoms with E-state index in [-0.39, 0.29) is 0 Å². The van der Waals surface area contributed by atoms with Crippen LogP contribution in [-0.2, 0) is 0 Å². The highest BCUT2D eigenvalue weighted by Crippen LogP contribution is 2.16. The van der Waals surface area contributed by atoms with Crippen molar-refractivity contribution < 1.29 is 4.57 Å². The van der Waals surface area contributed by atoms with Gasteiger partial charge in [0.2, 0.25) is 5.69 Å². The SMILES string of the molecule is c1ccc(Nc2ccc(-[n+]3ccccc3)cc2)cc1. The number of pyridine rings is 1. The zero-order chi connectivity index (χ0) is 12.9. The quantitative estimate of drug-likeness (QED) is 0.698. The molecule has 0 amide bonds. The molecule has 0 saturated carbocycles. The van der Waals surface area contributed by atoms with Crippen LogP contribution in [0.15, 0.2) is 85.2 Å². The molecule has 2 nitrogen and oxygen atoms in total.